The number of rotatable bonds is 5. The summed E-state index contributed by atoms with van der Waals surface area (Å²) in [6.07, 6.45) is 5.24. The van der Waals surface area contributed by atoms with Crippen LogP contribution >= 0.6 is 0 Å². The quantitative estimate of drug-likeness (QED) is 0.401. The first-order valence-corrected chi connectivity index (χ1v) is 10.4. The zero-order chi connectivity index (χ0) is 22.0. The van der Waals surface area contributed by atoms with E-state index in [1.165, 1.54) is 6.33 Å². The molecule has 0 amide bonds. The highest BCUT2D eigenvalue weighted by molar-refractivity contribution is 6.13. The predicted octanol–water partition coefficient (Wildman–Crippen LogP) is 4.68. The summed E-state index contributed by atoms with van der Waals surface area (Å²) in [7, 11) is 0. The molecule has 0 atom stereocenters. The largest absolute Gasteiger partial charge is 0.321 e. The third-order valence-electron chi connectivity index (χ3n) is 5.18. The molecule has 0 aliphatic carbocycles. The summed E-state index contributed by atoms with van der Waals surface area (Å²) in [6.45, 7) is 0. The van der Waals surface area contributed by atoms with Gasteiger partial charge in [0.1, 0.15) is 6.33 Å². The van der Waals surface area contributed by atoms with Gasteiger partial charge in [0, 0.05) is 11.1 Å². The molecule has 8 heteroatoms. The van der Waals surface area contributed by atoms with Crippen molar-refractivity contribution in [2.45, 2.75) is 0 Å². The monoisotopic (exact) mass is 430 g/mol. The van der Waals surface area contributed by atoms with E-state index in [2.05, 4.69) is 49.7 Å². The number of hydrogen-bond acceptors (Lipinski definition) is 6. The van der Waals surface area contributed by atoms with Crippen molar-refractivity contribution in [2.24, 2.45) is 4.99 Å². The SMILES string of the molecule is c1ccc(C(=Nc2ccc3nc(Nc4ccc5ncnn5c4)nn3c2)c2ccccc2)cc1. The van der Waals surface area contributed by atoms with E-state index in [4.69, 9.17) is 4.99 Å². The molecule has 0 bridgehead atoms. The number of aromatic nitrogens is 6. The molecule has 0 spiro atoms. The number of nitrogens with zero attached hydrogens (tertiary/aromatic N) is 7. The maximum absolute atomic E-state index is 4.96. The highest BCUT2D eigenvalue weighted by Gasteiger charge is 2.09. The van der Waals surface area contributed by atoms with Crippen LogP contribution in [0.1, 0.15) is 11.1 Å². The molecule has 4 heterocycles. The van der Waals surface area contributed by atoms with Gasteiger partial charge < -0.3 is 5.32 Å². The maximum atomic E-state index is 4.96. The lowest BCUT2D eigenvalue weighted by Crippen LogP contribution is -2.02. The molecule has 0 saturated heterocycles. The van der Waals surface area contributed by atoms with Gasteiger partial charge in [0.2, 0.25) is 5.95 Å². The van der Waals surface area contributed by atoms with Crippen molar-refractivity contribution in [3.8, 4) is 0 Å². The third-order valence-corrected chi connectivity index (χ3v) is 5.18. The van der Waals surface area contributed by atoms with Gasteiger partial charge in [0.05, 0.1) is 29.5 Å². The van der Waals surface area contributed by atoms with Gasteiger partial charge in [-0.1, -0.05) is 60.7 Å². The Hall–Kier alpha value is -4.85. The molecule has 0 fully saturated rings. The number of fused-ring (bicyclic) bond motifs is 2. The Bertz CT molecular complexity index is 1540. The molecule has 158 valence electrons. The molecule has 0 aliphatic heterocycles. The number of hydrogen-bond donors (Lipinski definition) is 1. The lowest BCUT2D eigenvalue weighted by Gasteiger charge is -2.07. The van der Waals surface area contributed by atoms with E-state index in [1.54, 1.807) is 9.03 Å². The first-order valence-electron chi connectivity index (χ1n) is 10.4. The van der Waals surface area contributed by atoms with Crippen LogP contribution < -0.4 is 5.32 Å². The molecular weight excluding hydrogens is 412 g/mol. The van der Waals surface area contributed by atoms with Crippen LogP contribution in [0.15, 0.2) is 109 Å². The van der Waals surface area contributed by atoms with Crippen molar-refractivity contribution < 1.29 is 0 Å². The average Bonchev–Trinajstić information content (AvgIpc) is 3.49. The fourth-order valence-electron chi connectivity index (χ4n) is 3.63. The zero-order valence-electron chi connectivity index (χ0n) is 17.4. The number of aliphatic imine (C=N–C) groups is 1. The molecule has 6 aromatic rings. The Kier molecular flexibility index (Phi) is 4.58. The van der Waals surface area contributed by atoms with E-state index in [-0.39, 0.29) is 0 Å². The predicted molar refractivity (Wildman–Crippen MR) is 127 cm³/mol. The van der Waals surface area contributed by atoms with Crippen molar-refractivity contribution in [1.29, 1.82) is 0 Å². The summed E-state index contributed by atoms with van der Waals surface area (Å²) >= 11 is 0. The minimum absolute atomic E-state index is 0.488. The first-order chi connectivity index (χ1) is 16.3. The molecule has 0 radical (unpaired) electrons. The Balaban J connectivity index is 1.35. The van der Waals surface area contributed by atoms with Crippen LogP contribution in [0, 0.1) is 0 Å². The van der Waals surface area contributed by atoms with Crippen LogP contribution in [0.25, 0.3) is 11.3 Å². The Morgan fingerprint density at radius 1 is 0.727 bits per heavy atom. The van der Waals surface area contributed by atoms with Crippen molar-refractivity contribution in [2.75, 3.05) is 5.32 Å². The summed E-state index contributed by atoms with van der Waals surface area (Å²) in [6, 6.07) is 28.0. The van der Waals surface area contributed by atoms with Gasteiger partial charge in [0.25, 0.3) is 0 Å². The lowest BCUT2D eigenvalue weighted by molar-refractivity contribution is 0.954. The van der Waals surface area contributed by atoms with Crippen molar-refractivity contribution in [3.05, 3.63) is 115 Å². The second-order valence-electron chi connectivity index (χ2n) is 7.42. The Morgan fingerprint density at radius 2 is 1.45 bits per heavy atom. The van der Waals surface area contributed by atoms with Crippen LogP contribution in [-0.2, 0) is 0 Å². The van der Waals surface area contributed by atoms with Gasteiger partial charge in [-0.25, -0.2) is 19.0 Å². The molecule has 33 heavy (non-hydrogen) atoms. The molecule has 0 aliphatic rings. The van der Waals surface area contributed by atoms with Gasteiger partial charge in [-0.05, 0) is 24.3 Å². The minimum Gasteiger partial charge on any atom is -0.321 e. The Labute approximate surface area is 188 Å². The average molecular weight is 430 g/mol. The van der Waals surface area contributed by atoms with Crippen LogP contribution in [0.4, 0.5) is 17.3 Å². The second-order valence-corrected chi connectivity index (χ2v) is 7.42. The van der Waals surface area contributed by atoms with Gasteiger partial charge >= 0.3 is 0 Å². The number of nitrogens with one attached hydrogen (secondary N) is 1. The topological polar surface area (TPSA) is 84.8 Å². The summed E-state index contributed by atoms with van der Waals surface area (Å²) < 4.78 is 3.42. The standard InChI is InChI=1S/C25H18N8/c1-3-7-18(8-4-1)24(19-9-5-2-6-10-19)28-20-12-14-23-30-25(31-33(23)16-20)29-21-11-13-22-26-17-27-32(22)15-21/h1-17H,(H,29,31). The van der Waals surface area contributed by atoms with E-state index < -0.39 is 0 Å². The van der Waals surface area contributed by atoms with E-state index in [9.17, 15) is 0 Å². The van der Waals surface area contributed by atoms with Crippen molar-refractivity contribution >= 4 is 34.3 Å². The van der Waals surface area contributed by atoms with Crippen molar-refractivity contribution in [3.63, 3.8) is 0 Å². The van der Waals surface area contributed by atoms with Crippen LogP contribution in [0.5, 0.6) is 0 Å². The maximum Gasteiger partial charge on any atom is 0.247 e. The van der Waals surface area contributed by atoms with E-state index in [0.717, 1.165) is 39.5 Å². The molecule has 2 aromatic carbocycles. The lowest BCUT2D eigenvalue weighted by atomic mass is 10.0. The van der Waals surface area contributed by atoms with Crippen LogP contribution in [0.3, 0.4) is 0 Å². The van der Waals surface area contributed by atoms with Gasteiger partial charge in [-0.15, -0.1) is 5.10 Å². The second kappa shape index (κ2) is 8.01. The summed E-state index contributed by atoms with van der Waals surface area (Å²) in [5.41, 5.74) is 6.10. The van der Waals surface area contributed by atoms with Gasteiger partial charge in [-0.3, -0.25) is 0 Å². The first kappa shape index (κ1) is 18.9. The fourth-order valence-corrected chi connectivity index (χ4v) is 3.63. The van der Waals surface area contributed by atoms with E-state index >= 15 is 0 Å². The molecule has 8 nitrogen and oxygen atoms in total. The highest BCUT2D eigenvalue weighted by atomic mass is 15.4. The molecular formula is C25H18N8. The number of benzene rings is 2. The molecule has 4 aromatic heterocycles. The molecule has 6 rings (SSSR count). The molecule has 1 N–H and O–H groups in total. The van der Waals surface area contributed by atoms with Crippen LogP contribution in [0.2, 0.25) is 0 Å². The Morgan fingerprint density at radius 3 is 2.21 bits per heavy atom. The van der Waals surface area contributed by atoms with Gasteiger partial charge in [0.15, 0.2) is 11.3 Å². The van der Waals surface area contributed by atoms with Gasteiger partial charge in [-0.2, -0.15) is 10.1 Å². The van der Waals surface area contributed by atoms with E-state index in [0.29, 0.717) is 5.95 Å². The zero-order valence-corrected chi connectivity index (χ0v) is 17.4. The summed E-state index contributed by atoms with van der Waals surface area (Å²) in [5.74, 6) is 0.488. The van der Waals surface area contributed by atoms with Crippen molar-refractivity contribution in [1.82, 2.24) is 29.2 Å². The molecule has 0 unspecified atom stereocenters. The minimum atomic E-state index is 0.488. The smallest absolute Gasteiger partial charge is 0.247 e. The number of anilines is 2. The summed E-state index contributed by atoms with van der Waals surface area (Å²) in [4.78, 5) is 13.7. The number of pyridine rings is 2. The third kappa shape index (κ3) is 3.81. The highest BCUT2D eigenvalue weighted by Crippen LogP contribution is 2.20. The fraction of sp³-hybridized carbons (Fsp3) is 0. The van der Waals surface area contributed by atoms with E-state index in [1.807, 2.05) is 73.1 Å². The van der Waals surface area contributed by atoms with Crippen LogP contribution in [-0.4, -0.2) is 34.9 Å². The summed E-state index contributed by atoms with van der Waals surface area (Å²) in [5, 5.41) is 11.9. The normalized spacial score (nSPS) is 11.0. The molecule has 0 saturated carbocycles.